The monoisotopic (exact) mass is 302 g/mol. The fraction of sp³-hybridized carbons (Fsp3) is 0.529. The number of anilines is 1. The number of carbonyl (C=O) groups excluding carboxylic acids is 2. The van der Waals surface area contributed by atoms with Crippen molar-refractivity contribution in [3.05, 3.63) is 29.3 Å². The molecule has 22 heavy (non-hydrogen) atoms. The average molecular weight is 302 g/mol. The first-order valence-electron chi connectivity index (χ1n) is 7.89. The Bertz CT molecular complexity index is 592. The molecular weight excluding hydrogens is 280 g/mol. The molecule has 5 nitrogen and oxygen atoms in total. The second-order valence-electron chi connectivity index (χ2n) is 6.21. The van der Waals surface area contributed by atoms with E-state index in [9.17, 15) is 14.7 Å². The number of likely N-dealkylation sites (tertiary alicyclic amines) is 1. The van der Waals surface area contributed by atoms with Crippen LogP contribution in [0.2, 0.25) is 0 Å². The van der Waals surface area contributed by atoms with Crippen LogP contribution in [0.5, 0.6) is 0 Å². The molecule has 2 heterocycles. The minimum atomic E-state index is 0.0544. The SMILES string of the molecule is CN1C(=O)CCc2cc(C(=O)N3CCC(CO)CC3)ccc21. The summed E-state index contributed by atoms with van der Waals surface area (Å²) in [6.07, 6.45) is 2.93. The van der Waals surface area contributed by atoms with E-state index >= 15 is 0 Å². The maximum atomic E-state index is 12.6. The van der Waals surface area contributed by atoms with E-state index in [0.29, 0.717) is 37.4 Å². The van der Waals surface area contributed by atoms with Gasteiger partial charge < -0.3 is 14.9 Å². The summed E-state index contributed by atoms with van der Waals surface area (Å²) in [6, 6.07) is 5.62. The molecule has 0 spiro atoms. The summed E-state index contributed by atoms with van der Waals surface area (Å²) < 4.78 is 0. The van der Waals surface area contributed by atoms with Gasteiger partial charge in [-0.05, 0) is 48.9 Å². The third-order valence-electron chi connectivity index (χ3n) is 4.83. The number of aryl methyl sites for hydroxylation is 1. The van der Waals surface area contributed by atoms with Gasteiger partial charge in [-0.3, -0.25) is 9.59 Å². The summed E-state index contributed by atoms with van der Waals surface area (Å²) in [5.41, 5.74) is 2.67. The highest BCUT2D eigenvalue weighted by molar-refractivity contribution is 5.99. The van der Waals surface area contributed by atoms with E-state index < -0.39 is 0 Å². The van der Waals surface area contributed by atoms with E-state index in [1.807, 2.05) is 23.1 Å². The number of aliphatic hydroxyl groups is 1. The molecule has 1 N–H and O–H groups in total. The zero-order valence-electron chi connectivity index (χ0n) is 12.9. The number of fused-ring (bicyclic) bond motifs is 1. The van der Waals surface area contributed by atoms with Crippen LogP contribution in [-0.2, 0) is 11.2 Å². The highest BCUT2D eigenvalue weighted by atomic mass is 16.3. The minimum Gasteiger partial charge on any atom is -0.396 e. The first kappa shape index (κ1) is 15.0. The molecule has 0 radical (unpaired) electrons. The van der Waals surface area contributed by atoms with Gasteiger partial charge in [-0.25, -0.2) is 0 Å². The van der Waals surface area contributed by atoms with Crippen LogP contribution in [0.1, 0.15) is 35.2 Å². The van der Waals surface area contributed by atoms with Gasteiger partial charge in [0.25, 0.3) is 5.91 Å². The highest BCUT2D eigenvalue weighted by Gasteiger charge is 2.25. The van der Waals surface area contributed by atoms with Gasteiger partial charge in [-0.15, -0.1) is 0 Å². The topological polar surface area (TPSA) is 60.9 Å². The third-order valence-corrected chi connectivity index (χ3v) is 4.83. The normalized spacial score (nSPS) is 19.3. The first-order valence-corrected chi connectivity index (χ1v) is 7.89. The van der Waals surface area contributed by atoms with E-state index in [1.54, 1.807) is 11.9 Å². The van der Waals surface area contributed by atoms with Crippen molar-refractivity contribution in [1.82, 2.24) is 4.90 Å². The van der Waals surface area contributed by atoms with Crippen molar-refractivity contribution in [2.75, 3.05) is 31.6 Å². The van der Waals surface area contributed by atoms with Crippen molar-refractivity contribution in [1.29, 1.82) is 0 Å². The second-order valence-corrected chi connectivity index (χ2v) is 6.21. The average Bonchev–Trinajstić information content (AvgIpc) is 2.57. The summed E-state index contributed by atoms with van der Waals surface area (Å²) in [5.74, 6) is 0.503. The Morgan fingerprint density at radius 2 is 2.00 bits per heavy atom. The lowest BCUT2D eigenvalue weighted by atomic mass is 9.96. The Morgan fingerprint density at radius 3 is 2.68 bits per heavy atom. The molecule has 0 bridgehead atoms. The number of hydrogen-bond acceptors (Lipinski definition) is 3. The Kier molecular flexibility index (Phi) is 4.16. The molecule has 0 atom stereocenters. The zero-order valence-corrected chi connectivity index (χ0v) is 12.9. The minimum absolute atomic E-state index is 0.0544. The molecule has 1 aromatic rings. The molecule has 3 rings (SSSR count). The third kappa shape index (κ3) is 2.73. The molecular formula is C17H22N2O3. The number of aliphatic hydroxyl groups excluding tert-OH is 1. The lowest BCUT2D eigenvalue weighted by Crippen LogP contribution is -2.39. The van der Waals surface area contributed by atoms with Crippen molar-refractivity contribution < 1.29 is 14.7 Å². The van der Waals surface area contributed by atoms with Gasteiger partial charge in [0.15, 0.2) is 0 Å². The van der Waals surface area contributed by atoms with E-state index in [-0.39, 0.29) is 18.4 Å². The van der Waals surface area contributed by atoms with Crippen LogP contribution < -0.4 is 4.90 Å². The number of nitrogens with zero attached hydrogens (tertiary/aromatic N) is 2. The fourth-order valence-electron chi connectivity index (χ4n) is 3.29. The molecule has 1 aromatic carbocycles. The Balaban J connectivity index is 1.76. The predicted molar refractivity (Wildman–Crippen MR) is 83.9 cm³/mol. The molecule has 118 valence electrons. The van der Waals surface area contributed by atoms with Crippen molar-refractivity contribution in [2.45, 2.75) is 25.7 Å². The van der Waals surface area contributed by atoms with Crippen molar-refractivity contribution in [2.24, 2.45) is 5.92 Å². The Morgan fingerprint density at radius 1 is 1.27 bits per heavy atom. The van der Waals surface area contributed by atoms with Gasteiger partial charge in [0.1, 0.15) is 0 Å². The number of rotatable bonds is 2. The van der Waals surface area contributed by atoms with Gasteiger partial charge in [0, 0.05) is 44.4 Å². The summed E-state index contributed by atoms with van der Waals surface area (Å²) in [6.45, 7) is 1.63. The van der Waals surface area contributed by atoms with Crippen LogP contribution in [0.3, 0.4) is 0 Å². The molecule has 0 aliphatic carbocycles. The summed E-state index contributed by atoms with van der Waals surface area (Å²) in [5, 5.41) is 9.18. The first-order chi connectivity index (χ1) is 10.6. The summed E-state index contributed by atoms with van der Waals surface area (Å²) in [7, 11) is 1.78. The quantitative estimate of drug-likeness (QED) is 0.899. The Hall–Kier alpha value is -1.88. The Labute approximate surface area is 130 Å². The molecule has 0 unspecified atom stereocenters. The van der Waals surface area contributed by atoms with Crippen LogP contribution in [0.15, 0.2) is 18.2 Å². The molecule has 0 aromatic heterocycles. The van der Waals surface area contributed by atoms with Gasteiger partial charge in [0.05, 0.1) is 0 Å². The molecule has 2 amide bonds. The standard InChI is InChI=1S/C17H22N2O3/c1-18-15-4-2-14(10-13(15)3-5-16(18)21)17(22)19-8-6-12(11-20)7-9-19/h2,4,10,12,20H,3,5-9,11H2,1H3. The summed E-state index contributed by atoms with van der Waals surface area (Å²) >= 11 is 0. The molecule has 0 saturated carbocycles. The van der Waals surface area contributed by atoms with Crippen LogP contribution >= 0.6 is 0 Å². The number of carbonyl (C=O) groups is 2. The maximum Gasteiger partial charge on any atom is 0.253 e. The van der Waals surface area contributed by atoms with Gasteiger partial charge in [-0.2, -0.15) is 0 Å². The molecule has 5 heteroatoms. The van der Waals surface area contributed by atoms with Gasteiger partial charge >= 0.3 is 0 Å². The fourth-order valence-corrected chi connectivity index (χ4v) is 3.29. The van der Waals surface area contributed by atoms with Gasteiger partial charge in [0.2, 0.25) is 5.91 Å². The molecule has 1 fully saturated rings. The maximum absolute atomic E-state index is 12.6. The van der Waals surface area contributed by atoms with Crippen molar-refractivity contribution in [3.8, 4) is 0 Å². The van der Waals surface area contributed by atoms with E-state index in [1.165, 1.54) is 0 Å². The number of amides is 2. The van der Waals surface area contributed by atoms with Crippen LogP contribution in [0, 0.1) is 5.92 Å². The van der Waals surface area contributed by atoms with Crippen molar-refractivity contribution >= 4 is 17.5 Å². The second kappa shape index (κ2) is 6.08. The molecule has 2 aliphatic heterocycles. The largest absolute Gasteiger partial charge is 0.396 e. The highest BCUT2D eigenvalue weighted by Crippen LogP contribution is 2.28. The van der Waals surface area contributed by atoms with Crippen molar-refractivity contribution in [3.63, 3.8) is 0 Å². The molecule has 2 aliphatic rings. The van der Waals surface area contributed by atoms with Crippen LogP contribution in [0.4, 0.5) is 5.69 Å². The zero-order chi connectivity index (χ0) is 15.7. The summed E-state index contributed by atoms with van der Waals surface area (Å²) in [4.78, 5) is 27.9. The lowest BCUT2D eigenvalue weighted by Gasteiger charge is -2.32. The van der Waals surface area contributed by atoms with Crippen LogP contribution in [-0.4, -0.2) is 48.6 Å². The lowest BCUT2D eigenvalue weighted by molar-refractivity contribution is -0.118. The van der Waals surface area contributed by atoms with Crippen LogP contribution in [0.25, 0.3) is 0 Å². The van der Waals surface area contributed by atoms with Gasteiger partial charge in [-0.1, -0.05) is 0 Å². The van der Waals surface area contributed by atoms with E-state index in [2.05, 4.69) is 0 Å². The smallest absolute Gasteiger partial charge is 0.253 e. The van der Waals surface area contributed by atoms with E-state index in [0.717, 1.165) is 24.1 Å². The number of piperidine rings is 1. The number of benzene rings is 1. The molecule has 1 saturated heterocycles. The van der Waals surface area contributed by atoms with E-state index in [4.69, 9.17) is 0 Å². The number of hydrogen-bond donors (Lipinski definition) is 1. The predicted octanol–water partition coefficient (Wildman–Crippen LogP) is 1.44.